The minimum atomic E-state index is -0.360. The fraction of sp³-hybridized carbons (Fsp3) is 0.222. The molecule has 0 saturated carbocycles. The van der Waals surface area contributed by atoms with Gasteiger partial charge in [0.2, 0.25) is 0 Å². The summed E-state index contributed by atoms with van der Waals surface area (Å²) < 4.78 is 11.0. The number of thiocarbonyl (C=S) groups is 1. The lowest BCUT2D eigenvalue weighted by Crippen LogP contribution is -2.34. The minimum Gasteiger partial charge on any atom is -0.486 e. The van der Waals surface area contributed by atoms with Crippen molar-refractivity contribution in [1.29, 1.82) is 0 Å². The van der Waals surface area contributed by atoms with Crippen LogP contribution in [-0.2, 0) is 5.41 Å². The fourth-order valence-electron chi connectivity index (χ4n) is 3.48. The van der Waals surface area contributed by atoms with Crippen LogP contribution in [0.1, 0.15) is 47.1 Å². The maximum atomic E-state index is 12.6. The SMILES string of the molecule is CC(C)(C)c1ccc(C(=O)Nc2ccc(NC(=S)NC(=O)c3ccc4c(c3)OCCO4)cc2)cc1. The summed E-state index contributed by atoms with van der Waals surface area (Å²) in [5.41, 5.74) is 3.51. The first-order chi connectivity index (χ1) is 16.7. The molecule has 0 bridgehead atoms. The molecule has 3 N–H and O–H groups in total. The van der Waals surface area contributed by atoms with Gasteiger partial charge in [-0.2, -0.15) is 0 Å². The second-order valence-corrected chi connectivity index (χ2v) is 9.53. The van der Waals surface area contributed by atoms with Gasteiger partial charge in [0, 0.05) is 22.5 Å². The maximum absolute atomic E-state index is 12.6. The number of nitrogens with one attached hydrogen (secondary N) is 3. The van der Waals surface area contributed by atoms with Crippen molar-refractivity contribution in [3.8, 4) is 11.5 Å². The monoisotopic (exact) mass is 489 g/mol. The summed E-state index contributed by atoms with van der Waals surface area (Å²) in [5.74, 6) is 0.599. The summed E-state index contributed by atoms with van der Waals surface area (Å²) in [6, 6.07) is 19.6. The number of anilines is 2. The first-order valence-electron chi connectivity index (χ1n) is 11.2. The summed E-state index contributed by atoms with van der Waals surface area (Å²) in [6.07, 6.45) is 0. The molecule has 35 heavy (non-hydrogen) atoms. The molecule has 8 heteroatoms. The number of fused-ring (bicyclic) bond motifs is 1. The van der Waals surface area contributed by atoms with Crippen LogP contribution in [0, 0.1) is 0 Å². The Morgan fingerprint density at radius 3 is 1.94 bits per heavy atom. The molecular weight excluding hydrogens is 462 g/mol. The number of ether oxygens (including phenoxy) is 2. The molecule has 7 nitrogen and oxygen atoms in total. The largest absolute Gasteiger partial charge is 0.486 e. The quantitative estimate of drug-likeness (QED) is 0.440. The van der Waals surface area contributed by atoms with E-state index < -0.39 is 0 Å². The van der Waals surface area contributed by atoms with Crippen LogP contribution in [0.15, 0.2) is 66.7 Å². The second-order valence-electron chi connectivity index (χ2n) is 9.13. The molecule has 4 rings (SSSR count). The van der Waals surface area contributed by atoms with Crippen molar-refractivity contribution in [2.45, 2.75) is 26.2 Å². The molecule has 1 aliphatic rings. The van der Waals surface area contributed by atoms with Gasteiger partial charge in [-0.15, -0.1) is 0 Å². The molecule has 2 amide bonds. The first-order valence-corrected chi connectivity index (χ1v) is 11.6. The van der Waals surface area contributed by atoms with Crippen molar-refractivity contribution >= 4 is 40.5 Å². The Morgan fingerprint density at radius 1 is 0.743 bits per heavy atom. The molecular formula is C27H27N3O4S. The van der Waals surface area contributed by atoms with E-state index in [0.717, 1.165) is 0 Å². The highest BCUT2D eigenvalue weighted by Crippen LogP contribution is 2.30. The number of carbonyl (C=O) groups is 2. The van der Waals surface area contributed by atoms with E-state index in [0.29, 0.717) is 47.2 Å². The first kappa shape index (κ1) is 24.2. The van der Waals surface area contributed by atoms with Gasteiger partial charge in [-0.25, -0.2) is 0 Å². The molecule has 1 aliphatic heterocycles. The third-order valence-electron chi connectivity index (χ3n) is 5.45. The van der Waals surface area contributed by atoms with Gasteiger partial charge in [-0.3, -0.25) is 14.9 Å². The molecule has 180 valence electrons. The third kappa shape index (κ3) is 6.16. The van der Waals surface area contributed by atoms with Gasteiger partial charge in [-0.05, 0) is 77.8 Å². The number of hydrogen-bond donors (Lipinski definition) is 3. The Bertz CT molecular complexity index is 1250. The Hall–Kier alpha value is -3.91. The van der Waals surface area contributed by atoms with E-state index in [4.69, 9.17) is 21.7 Å². The Labute approximate surface area is 209 Å². The van der Waals surface area contributed by atoms with Gasteiger partial charge in [0.15, 0.2) is 16.6 Å². The summed E-state index contributed by atoms with van der Waals surface area (Å²) >= 11 is 5.27. The average Bonchev–Trinajstić information content (AvgIpc) is 2.84. The zero-order chi connectivity index (χ0) is 25.0. The van der Waals surface area contributed by atoms with E-state index in [1.807, 2.05) is 24.3 Å². The fourth-order valence-corrected chi connectivity index (χ4v) is 3.69. The predicted octanol–water partition coefficient (Wildman–Crippen LogP) is 5.13. The van der Waals surface area contributed by atoms with Crippen LogP contribution in [0.4, 0.5) is 11.4 Å². The molecule has 0 saturated heterocycles. The summed E-state index contributed by atoms with van der Waals surface area (Å²) in [6.45, 7) is 7.32. The zero-order valence-corrected chi connectivity index (χ0v) is 20.6. The molecule has 0 aromatic heterocycles. The zero-order valence-electron chi connectivity index (χ0n) is 19.8. The molecule has 1 heterocycles. The molecule has 0 unspecified atom stereocenters. The van der Waals surface area contributed by atoms with E-state index in [1.54, 1.807) is 42.5 Å². The van der Waals surface area contributed by atoms with Crippen LogP contribution >= 0.6 is 12.2 Å². The van der Waals surface area contributed by atoms with Gasteiger partial charge in [0.05, 0.1) is 0 Å². The van der Waals surface area contributed by atoms with Crippen molar-refractivity contribution in [3.05, 3.63) is 83.4 Å². The maximum Gasteiger partial charge on any atom is 0.257 e. The van der Waals surface area contributed by atoms with E-state index in [2.05, 4.69) is 36.7 Å². The van der Waals surface area contributed by atoms with E-state index in [-0.39, 0.29) is 22.3 Å². The van der Waals surface area contributed by atoms with Crippen molar-refractivity contribution in [2.24, 2.45) is 0 Å². The van der Waals surface area contributed by atoms with Crippen LogP contribution in [-0.4, -0.2) is 30.1 Å². The van der Waals surface area contributed by atoms with Crippen molar-refractivity contribution in [3.63, 3.8) is 0 Å². The molecule has 0 fully saturated rings. The molecule has 0 radical (unpaired) electrons. The number of hydrogen-bond acceptors (Lipinski definition) is 5. The Morgan fingerprint density at radius 2 is 1.31 bits per heavy atom. The third-order valence-corrected chi connectivity index (χ3v) is 5.65. The number of benzene rings is 3. The lowest BCUT2D eigenvalue weighted by atomic mass is 9.87. The Balaban J connectivity index is 1.31. The van der Waals surface area contributed by atoms with Crippen LogP contribution in [0.3, 0.4) is 0 Å². The van der Waals surface area contributed by atoms with Gasteiger partial charge < -0.3 is 20.1 Å². The molecule has 0 aliphatic carbocycles. The van der Waals surface area contributed by atoms with Crippen molar-refractivity contribution in [2.75, 3.05) is 23.8 Å². The van der Waals surface area contributed by atoms with Crippen LogP contribution in [0.5, 0.6) is 11.5 Å². The average molecular weight is 490 g/mol. The van der Waals surface area contributed by atoms with Crippen molar-refractivity contribution < 1.29 is 19.1 Å². The molecule has 0 spiro atoms. The normalized spacial score (nSPS) is 12.4. The van der Waals surface area contributed by atoms with E-state index in [1.165, 1.54) is 5.56 Å². The highest BCUT2D eigenvalue weighted by molar-refractivity contribution is 7.80. The summed E-state index contributed by atoms with van der Waals surface area (Å²) in [5, 5.41) is 8.66. The minimum absolute atomic E-state index is 0.0296. The number of amides is 2. The van der Waals surface area contributed by atoms with Crippen LogP contribution in [0.2, 0.25) is 0 Å². The molecule has 3 aromatic rings. The number of carbonyl (C=O) groups excluding carboxylic acids is 2. The van der Waals surface area contributed by atoms with E-state index >= 15 is 0 Å². The van der Waals surface area contributed by atoms with Gasteiger partial charge in [-0.1, -0.05) is 32.9 Å². The molecule has 3 aromatic carbocycles. The van der Waals surface area contributed by atoms with Gasteiger partial charge in [0.25, 0.3) is 11.8 Å². The summed E-state index contributed by atoms with van der Waals surface area (Å²) in [4.78, 5) is 25.1. The standard InChI is InChI=1S/C27H27N3O4S/c1-27(2,3)19-7-4-17(5-8-19)24(31)28-20-9-11-21(12-10-20)29-26(35)30-25(32)18-6-13-22-23(16-18)34-15-14-33-22/h4-13,16H,14-15H2,1-3H3,(H,28,31)(H2,29,30,32,35). The molecule has 0 atom stereocenters. The highest BCUT2D eigenvalue weighted by atomic mass is 32.1. The van der Waals surface area contributed by atoms with Crippen LogP contribution in [0.25, 0.3) is 0 Å². The lowest BCUT2D eigenvalue weighted by molar-refractivity contribution is 0.0975. The smallest absolute Gasteiger partial charge is 0.257 e. The topological polar surface area (TPSA) is 88.7 Å². The van der Waals surface area contributed by atoms with Gasteiger partial charge in [0.1, 0.15) is 13.2 Å². The summed E-state index contributed by atoms with van der Waals surface area (Å²) in [7, 11) is 0. The second kappa shape index (κ2) is 10.1. The van der Waals surface area contributed by atoms with Crippen LogP contribution < -0.4 is 25.4 Å². The Kier molecular flexibility index (Phi) is 7.02. The number of rotatable bonds is 4. The lowest BCUT2D eigenvalue weighted by Gasteiger charge is -2.19. The van der Waals surface area contributed by atoms with E-state index in [9.17, 15) is 9.59 Å². The van der Waals surface area contributed by atoms with Gasteiger partial charge >= 0.3 is 0 Å². The van der Waals surface area contributed by atoms with Crippen molar-refractivity contribution in [1.82, 2.24) is 5.32 Å². The predicted molar refractivity (Wildman–Crippen MR) is 141 cm³/mol. The highest BCUT2D eigenvalue weighted by Gasteiger charge is 2.16.